The van der Waals surface area contributed by atoms with Gasteiger partial charge in [0.15, 0.2) is 22.5 Å². The average Bonchev–Trinajstić information content (AvgIpc) is 2.70. The molecule has 0 saturated heterocycles. The van der Waals surface area contributed by atoms with E-state index < -0.39 is 15.4 Å². The van der Waals surface area contributed by atoms with Gasteiger partial charge >= 0.3 is 0 Å². The van der Waals surface area contributed by atoms with E-state index in [1.165, 1.54) is 19.2 Å². The quantitative estimate of drug-likeness (QED) is 0.533. The van der Waals surface area contributed by atoms with Crippen LogP contribution >= 0.6 is 11.6 Å². The average molecular weight is 448 g/mol. The Labute approximate surface area is 181 Å². The number of rotatable bonds is 6. The molecule has 9 heteroatoms. The van der Waals surface area contributed by atoms with Gasteiger partial charge in [-0.1, -0.05) is 62.7 Å². The highest BCUT2D eigenvalue weighted by Gasteiger charge is 2.26. The maximum atomic E-state index is 12.9. The summed E-state index contributed by atoms with van der Waals surface area (Å²) in [5, 5.41) is -0.0217. The van der Waals surface area contributed by atoms with Gasteiger partial charge in [-0.25, -0.2) is 18.4 Å². The molecule has 3 rings (SSSR count). The number of sulfonamides is 1. The number of benzene rings is 2. The third kappa shape index (κ3) is 4.83. The Balaban J connectivity index is 2.12. The molecule has 1 N–H and O–H groups in total. The highest BCUT2D eigenvalue weighted by molar-refractivity contribution is 7.92. The molecular weight excluding hydrogens is 426 g/mol. The second-order valence-corrected chi connectivity index (χ2v) is 9.48. The monoisotopic (exact) mass is 447 g/mol. The van der Waals surface area contributed by atoms with Crippen LogP contribution in [-0.2, 0) is 15.4 Å². The molecule has 0 amide bonds. The van der Waals surface area contributed by atoms with Crippen LogP contribution in [0, 0.1) is 0 Å². The van der Waals surface area contributed by atoms with Crippen molar-refractivity contribution < 1.29 is 17.9 Å². The van der Waals surface area contributed by atoms with Crippen LogP contribution in [0.4, 0.5) is 5.82 Å². The van der Waals surface area contributed by atoms with E-state index in [2.05, 4.69) is 14.7 Å². The Morgan fingerprint density at radius 1 is 0.933 bits per heavy atom. The number of ether oxygens (including phenoxy) is 2. The van der Waals surface area contributed by atoms with E-state index in [4.69, 9.17) is 21.1 Å². The largest absolute Gasteiger partial charge is 0.493 e. The lowest BCUT2D eigenvalue weighted by molar-refractivity contribution is 0.378. The molecule has 0 aliphatic carbocycles. The van der Waals surface area contributed by atoms with Crippen LogP contribution in [0.2, 0.25) is 5.15 Å². The van der Waals surface area contributed by atoms with Crippen LogP contribution in [0.25, 0.3) is 0 Å². The normalized spacial score (nSPS) is 11.8. The van der Waals surface area contributed by atoms with E-state index in [-0.39, 0.29) is 21.6 Å². The minimum atomic E-state index is -3.93. The molecule has 0 atom stereocenters. The molecular formula is C21H22ClN3O4S. The fourth-order valence-electron chi connectivity index (χ4n) is 2.52. The number of methoxy groups -OCH3 is 1. The highest BCUT2D eigenvalue weighted by atomic mass is 35.5. The van der Waals surface area contributed by atoms with E-state index >= 15 is 0 Å². The second kappa shape index (κ2) is 8.49. The van der Waals surface area contributed by atoms with Crippen LogP contribution < -0.4 is 14.2 Å². The van der Waals surface area contributed by atoms with Gasteiger partial charge in [-0.15, -0.1) is 0 Å². The van der Waals surface area contributed by atoms with Crippen LogP contribution in [0.3, 0.4) is 0 Å². The van der Waals surface area contributed by atoms with Gasteiger partial charge < -0.3 is 9.47 Å². The second-order valence-electron chi connectivity index (χ2n) is 7.44. The minimum Gasteiger partial charge on any atom is -0.493 e. The van der Waals surface area contributed by atoms with E-state index in [0.29, 0.717) is 17.3 Å². The SMILES string of the molecule is COc1ccccc1Oc1c(Cl)nc(C(C)(C)C)nc1NS(=O)(=O)c1ccccc1. The van der Waals surface area contributed by atoms with Crippen molar-refractivity contribution in [1.82, 2.24) is 9.97 Å². The minimum absolute atomic E-state index is 0.0197. The van der Waals surface area contributed by atoms with E-state index in [1.54, 1.807) is 42.5 Å². The van der Waals surface area contributed by atoms with Crippen molar-refractivity contribution >= 4 is 27.4 Å². The number of para-hydroxylation sites is 2. The van der Waals surface area contributed by atoms with Gasteiger partial charge in [-0.2, -0.15) is 0 Å². The van der Waals surface area contributed by atoms with Gasteiger partial charge in [0.05, 0.1) is 12.0 Å². The number of halogens is 1. The van der Waals surface area contributed by atoms with Gasteiger partial charge in [-0.3, -0.25) is 4.72 Å². The van der Waals surface area contributed by atoms with Crippen LogP contribution in [0.15, 0.2) is 59.5 Å². The summed E-state index contributed by atoms with van der Waals surface area (Å²) in [6.07, 6.45) is 0. The summed E-state index contributed by atoms with van der Waals surface area (Å²) in [6, 6.07) is 14.9. The summed E-state index contributed by atoms with van der Waals surface area (Å²) in [6.45, 7) is 5.69. The predicted octanol–water partition coefficient (Wildman–Crippen LogP) is 5.03. The van der Waals surface area contributed by atoms with Crippen molar-refractivity contribution in [2.75, 3.05) is 11.8 Å². The molecule has 30 heavy (non-hydrogen) atoms. The molecule has 2 aromatic carbocycles. The van der Waals surface area contributed by atoms with Gasteiger partial charge in [0, 0.05) is 5.41 Å². The van der Waals surface area contributed by atoms with Crippen molar-refractivity contribution in [2.24, 2.45) is 0 Å². The summed E-state index contributed by atoms with van der Waals surface area (Å²) in [7, 11) is -2.43. The first-order valence-corrected chi connectivity index (χ1v) is 10.9. The van der Waals surface area contributed by atoms with Crippen LogP contribution in [0.5, 0.6) is 17.2 Å². The number of anilines is 1. The van der Waals surface area contributed by atoms with Gasteiger partial charge in [-0.05, 0) is 24.3 Å². The molecule has 0 unspecified atom stereocenters. The lowest BCUT2D eigenvalue weighted by Crippen LogP contribution is -2.20. The molecule has 0 fully saturated rings. The molecule has 3 aromatic rings. The molecule has 0 radical (unpaired) electrons. The molecule has 7 nitrogen and oxygen atoms in total. The number of hydrogen-bond acceptors (Lipinski definition) is 6. The Bertz CT molecular complexity index is 1150. The summed E-state index contributed by atoms with van der Waals surface area (Å²) in [5.41, 5.74) is -0.473. The van der Waals surface area contributed by atoms with Gasteiger partial charge in [0.25, 0.3) is 10.0 Å². The van der Waals surface area contributed by atoms with E-state index in [9.17, 15) is 8.42 Å². The summed E-state index contributed by atoms with van der Waals surface area (Å²) >= 11 is 6.41. The predicted molar refractivity (Wildman–Crippen MR) is 116 cm³/mol. The lowest BCUT2D eigenvalue weighted by Gasteiger charge is -2.21. The molecule has 0 aliphatic heterocycles. The Morgan fingerprint density at radius 2 is 1.53 bits per heavy atom. The zero-order valence-electron chi connectivity index (χ0n) is 17.0. The van der Waals surface area contributed by atoms with Crippen molar-refractivity contribution in [1.29, 1.82) is 0 Å². The Kier molecular flexibility index (Phi) is 6.19. The third-order valence-corrected chi connectivity index (χ3v) is 5.67. The molecule has 1 aromatic heterocycles. The lowest BCUT2D eigenvalue weighted by atomic mass is 9.96. The number of nitrogens with one attached hydrogen (secondary N) is 1. The van der Waals surface area contributed by atoms with Crippen LogP contribution in [0.1, 0.15) is 26.6 Å². The Morgan fingerprint density at radius 3 is 2.13 bits per heavy atom. The Hall–Kier alpha value is -2.84. The number of nitrogens with zero attached hydrogens (tertiary/aromatic N) is 2. The molecule has 0 bridgehead atoms. The molecule has 0 saturated carbocycles. The number of hydrogen-bond donors (Lipinski definition) is 1. The maximum Gasteiger partial charge on any atom is 0.263 e. The zero-order chi connectivity index (χ0) is 21.9. The summed E-state index contributed by atoms with van der Waals surface area (Å²) < 4.78 is 39.5. The van der Waals surface area contributed by atoms with Crippen molar-refractivity contribution in [3.05, 3.63) is 65.6 Å². The molecule has 158 valence electrons. The molecule has 0 spiro atoms. The maximum absolute atomic E-state index is 12.9. The van der Waals surface area contributed by atoms with Crippen molar-refractivity contribution in [2.45, 2.75) is 31.1 Å². The summed E-state index contributed by atoms with van der Waals surface area (Å²) in [5.74, 6) is 1.08. The van der Waals surface area contributed by atoms with E-state index in [0.717, 1.165) is 0 Å². The number of aromatic nitrogens is 2. The van der Waals surface area contributed by atoms with Crippen molar-refractivity contribution in [3.8, 4) is 17.2 Å². The van der Waals surface area contributed by atoms with Crippen LogP contribution in [-0.4, -0.2) is 25.5 Å². The standard InChI is InChI=1S/C21H22ClN3O4S/c1-21(2,3)20-23-18(22)17(29-16-13-9-8-12-15(16)28-4)19(24-20)25-30(26,27)14-10-6-5-7-11-14/h5-13H,1-4H3,(H,23,24,25). The smallest absolute Gasteiger partial charge is 0.263 e. The highest BCUT2D eigenvalue weighted by Crippen LogP contribution is 2.40. The first kappa shape index (κ1) is 21.9. The molecule has 1 heterocycles. The van der Waals surface area contributed by atoms with Crippen molar-refractivity contribution in [3.63, 3.8) is 0 Å². The topological polar surface area (TPSA) is 90.4 Å². The first-order valence-electron chi connectivity index (χ1n) is 9.08. The molecule has 0 aliphatic rings. The zero-order valence-corrected chi connectivity index (χ0v) is 18.6. The fourth-order valence-corrected chi connectivity index (χ4v) is 3.75. The summed E-state index contributed by atoms with van der Waals surface area (Å²) in [4.78, 5) is 8.81. The van der Waals surface area contributed by atoms with E-state index in [1.807, 2.05) is 20.8 Å². The third-order valence-electron chi connectivity index (χ3n) is 4.06. The first-order chi connectivity index (χ1) is 14.1. The fraction of sp³-hybridized carbons (Fsp3) is 0.238. The van der Waals surface area contributed by atoms with Gasteiger partial charge in [0.2, 0.25) is 5.75 Å². The van der Waals surface area contributed by atoms with Gasteiger partial charge in [0.1, 0.15) is 5.82 Å².